The van der Waals surface area contributed by atoms with Crippen LogP contribution in [0.5, 0.6) is 5.75 Å². The predicted octanol–water partition coefficient (Wildman–Crippen LogP) is 3.91. The molecule has 0 saturated carbocycles. The number of benzene rings is 2. The molecule has 2 aliphatic rings. The number of rotatable bonds is 4. The fraction of sp³-hybridized carbons (Fsp3) is 0.417. The van der Waals surface area contributed by atoms with E-state index in [1.807, 2.05) is 30.3 Å². The van der Waals surface area contributed by atoms with Gasteiger partial charge in [-0.15, -0.1) is 0 Å². The number of hydrogen-bond acceptors (Lipinski definition) is 3. The van der Waals surface area contributed by atoms with Gasteiger partial charge in [-0.05, 0) is 55.5 Å². The summed E-state index contributed by atoms with van der Waals surface area (Å²) >= 11 is 0. The quantitative estimate of drug-likeness (QED) is 0.726. The van der Waals surface area contributed by atoms with Gasteiger partial charge in [0.25, 0.3) is 0 Å². The van der Waals surface area contributed by atoms with Crippen LogP contribution in [0.3, 0.4) is 0 Å². The number of aromatic nitrogens is 1. The summed E-state index contributed by atoms with van der Waals surface area (Å²) in [6.07, 6.45) is 2.26. The van der Waals surface area contributed by atoms with Crippen molar-refractivity contribution in [2.75, 3.05) is 32.8 Å². The zero-order valence-electron chi connectivity index (χ0n) is 16.8. The topological polar surface area (TPSA) is 40.3 Å². The molecule has 0 bridgehead atoms. The molecule has 1 aromatic heterocycles. The average Bonchev–Trinajstić information content (AvgIpc) is 3.30. The van der Waals surface area contributed by atoms with Crippen LogP contribution >= 0.6 is 0 Å². The molecule has 2 aliphatic heterocycles. The van der Waals surface area contributed by atoms with Crippen molar-refractivity contribution in [3.63, 3.8) is 0 Å². The maximum atomic E-state index is 5.92. The number of aromatic amines is 1. The molecule has 1 fully saturated rings. The van der Waals surface area contributed by atoms with Gasteiger partial charge in [-0.2, -0.15) is 0 Å². The largest absolute Gasteiger partial charge is 0.492 e. The van der Waals surface area contributed by atoms with Crippen molar-refractivity contribution in [3.8, 4) is 5.75 Å². The molecular formula is C24H29N3O. The highest BCUT2D eigenvalue weighted by atomic mass is 16.5. The first-order chi connectivity index (χ1) is 13.7. The molecular weight excluding hydrogens is 346 g/mol. The molecule has 3 aromatic rings. The first kappa shape index (κ1) is 17.8. The van der Waals surface area contributed by atoms with Crippen molar-refractivity contribution in [2.24, 2.45) is 0 Å². The number of para-hydroxylation sites is 1. The minimum atomic E-state index is 0.0538. The van der Waals surface area contributed by atoms with E-state index < -0.39 is 0 Å². The second-order valence-corrected chi connectivity index (χ2v) is 8.37. The Bertz CT molecular complexity index is 994. The van der Waals surface area contributed by atoms with Crippen LogP contribution in [0.1, 0.15) is 28.8 Å². The third-order valence-electron chi connectivity index (χ3n) is 6.56. The zero-order chi connectivity index (χ0) is 19.1. The van der Waals surface area contributed by atoms with Gasteiger partial charge in [0, 0.05) is 42.8 Å². The monoisotopic (exact) mass is 375 g/mol. The molecule has 1 spiro atoms. The van der Waals surface area contributed by atoms with Gasteiger partial charge in [-0.25, -0.2) is 0 Å². The second-order valence-electron chi connectivity index (χ2n) is 8.37. The molecule has 28 heavy (non-hydrogen) atoms. The molecule has 0 radical (unpaired) electrons. The summed E-state index contributed by atoms with van der Waals surface area (Å²) in [6.45, 7) is 9.37. The van der Waals surface area contributed by atoms with E-state index in [0.29, 0.717) is 0 Å². The number of fused-ring (bicyclic) bond motifs is 4. The first-order valence-corrected chi connectivity index (χ1v) is 10.4. The number of nitrogens with zero attached hydrogens (tertiary/aromatic N) is 1. The van der Waals surface area contributed by atoms with Crippen molar-refractivity contribution < 1.29 is 4.74 Å². The highest BCUT2D eigenvalue weighted by Gasteiger charge is 2.44. The van der Waals surface area contributed by atoms with E-state index in [1.54, 1.807) is 0 Å². The second kappa shape index (κ2) is 6.94. The van der Waals surface area contributed by atoms with Gasteiger partial charge < -0.3 is 15.0 Å². The van der Waals surface area contributed by atoms with Gasteiger partial charge in [0.1, 0.15) is 12.4 Å². The molecule has 5 rings (SSSR count). The van der Waals surface area contributed by atoms with Crippen LogP contribution < -0.4 is 10.1 Å². The number of likely N-dealkylation sites (tertiary alicyclic amines) is 1. The van der Waals surface area contributed by atoms with Crippen LogP contribution in [0.15, 0.2) is 42.5 Å². The lowest BCUT2D eigenvalue weighted by Crippen LogP contribution is -2.49. The normalized spacial score (nSPS) is 22.1. The average molecular weight is 376 g/mol. The molecule has 1 atom stereocenters. The summed E-state index contributed by atoms with van der Waals surface area (Å²) < 4.78 is 5.92. The molecule has 0 aliphatic carbocycles. The number of hydrogen-bond donors (Lipinski definition) is 2. The summed E-state index contributed by atoms with van der Waals surface area (Å²) in [5, 5.41) is 5.33. The van der Waals surface area contributed by atoms with Gasteiger partial charge in [0.05, 0.1) is 5.54 Å². The minimum absolute atomic E-state index is 0.0538. The summed E-state index contributed by atoms with van der Waals surface area (Å²) in [4.78, 5) is 6.38. The van der Waals surface area contributed by atoms with Crippen LogP contribution in [-0.4, -0.2) is 42.7 Å². The van der Waals surface area contributed by atoms with E-state index in [4.69, 9.17) is 4.74 Å². The first-order valence-electron chi connectivity index (χ1n) is 10.4. The maximum absolute atomic E-state index is 5.92. The van der Waals surface area contributed by atoms with E-state index in [9.17, 15) is 0 Å². The Labute approximate surface area is 166 Å². The Kier molecular flexibility index (Phi) is 4.41. The van der Waals surface area contributed by atoms with E-state index >= 15 is 0 Å². The summed E-state index contributed by atoms with van der Waals surface area (Å²) in [6, 6.07) is 14.6. The van der Waals surface area contributed by atoms with Crippen LogP contribution in [0.2, 0.25) is 0 Å². The highest BCUT2D eigenvalue weighted by Crippen LogP contribution is 2.40. The molecule has 3 heterocycles. The standard InChI is InChI=1S/C24H29N3O/c1-17-8-9-18(2)22-21(17)20-10-12-25-24(23(20)26-22)11-13-27(16-24)14-15-28-19-6-4-3-5-7-19/h3-9,25-26H,10-16H2,1-2H3. The zero-order valence-corrected chi connectivity index (χ0v) is 16.8. The molecule has 4 nitrogen and oxygen atoms in total. The molecule has 0 amide bonds. The van der Waals surface area contributed by atoms with Crippen molar-refractivity contribution in [2.45, 2.75) is 32.2 Å². The van der Waals surface area contributed by atoms with Gasteiger partial charge in [0.2, 0.25) is 0 Å². The lowest BCUT2D eigenvalue weighted by Gasteiger charge is -2.35. The van der Waals surface area contributed by atoms with Crippen molar-refractivity contribution in [3.05, 3.63) is 64.8 Å². The van der Waals surface area contributed by atoms with Gasteiger partial charge in [-0.3, -0.25) is 4.90 Å². The van der Waals surface area contributed by atoms with Gasteiger partial charge >= 0.3 is 0 Å². The fourth-order valence-corrected chi connectivity index (χ4v) is 5.10. The molecule has 1 saturated heterocycles. The predicted molar refractivity (Wildman–Crippen MR) is 114 cm³/mol. The molecule has 2 aromatic carbocycles. The van der Waals surface area contributed by atoms with Crippen LogP contribution in [0.4, 0.5) is 0 Å². The van der Waals surface area contributed by atoms with Crippen LogP contribution in [-0.2, 0) is 12.0 Å². The smallest absolute Gasteiger partial charge is 0.119 e. The summed E-state index contributed by atoms with van der Waals surface area (Å²) in [5.41, 5.74) is 7.09. The Hall–Kier alpha value is -2.30. The Morgan fingerprint density at radius 3 is 2.75 bits per heavy atom. The van der Waals surface area contributed by atoms with Gasteiger partial charge in [0.15, 0.2) is 0 Å². The lowest BCUT2D eigenvalue weighted by atomic mass is 9.85. The number of nitrogens with one attached hydrogen (secondary N) is 2. The Morgan fingerprint density at radius 1 is 1.07 bits per heavy atom. The van der Waals surface area contributed by atoms with E-state index in [2.05, 4.69) is 41.2 Å². The van der Waals surface area contributed by atoms with Crippen LogP contribution in [0, 0.1) is 13.8 Å². The SMILES string of the molecule is Cc1ccc(C)c2c3c([nH]c12)C1(CCN(CCOc2ccccc2)C1)NCC3. The lowest BCUT2D eigenvalue weighted by molar-refractivity contribution is 0.218. The molecule has 4 heteroatoms. The maximum Gasteiger partial charge on any atom is 0.119 e. The number of aryl methyl sites for hydroxylation is 2. The van der Waals surface area contributed by atoms with E-state index in [1.165, 1.54) is 33.3 Å². The number of ether oxygens (including phenoxy) is 1. The van der Waals surface area contributed by atoms with Crippen molar-refractivity contribution in [1.29, 1.82) is 0 Å². The minimum Gasteiger partial charge on any atom is -0.492 e. The van der Waals surface area contributed by atoms with E-state index in [-0.39, 0.29) is 5.54 Å². The fourth-order valence-electron chi connectivity index (χ4n) is 5.10. The molecule has 146 valence electrons. The van der Waals surface area contributed by atoms with Crippen LogP contribution in [0.25, 0.3) is 10.9 Å². The third kappa shape index (κ3) is 2.92. The van der Waals surface area contributed by atoms with Crippen molar-refractivity contribution >= 4 is 10.9 Å². The third-order valence-corrected chi connectivity index (χ3v) is 6.56. The van der Waals surface area contributed by atoms with Gasteiger partial charge in [-0.1, -0.05) is 30.3 Å². The Balaban J connectivity index is 1.36. The van der Waals surface area contributed by atoms with Crippen molar-refractivity contribution in [1.82, 2.24) is 15.2 Å². The molecule has 1 unspecified atom stereocenters. The number of H-pyrrole nitrogens is 1. The Morgan fingerprint density at radius 2 is 1.89 bits per heavy atom. The highest BCUT2D eigenvalue weighted by molar-refractivity contribution is 5.90. The van der Waals surface area contributed by atoms with E-state index in [0.717, 1.165) is 51.4 Å². The molecule has 2 N–H and O–H groups in total. The summed E-state index contributed by atoms with van der Waals surface area (Å²) in [7, 11) is 0. The summed E-state index contributed by atoms with van der Waals surface area (Å²) in [5.74, 6) is 0.955.